The molecule has 2 heterocycles. The molecule has 0 spiro atoms. The molecule has 0 aliphatic carbocycles. The van der Waals surface area contributed by atoms with Gasteiger partial charge < -0.3 is 10.6 Å². The highest BCUT2D eigenvalue weighted by Crippen LogP contribution is 2.26. The lowest BCUT2D eigenvalue weighted by Crippen LogP contribution is -2.43. The maximum atomic E-state index is 13.0. The van der Waals surface area contributed by atoms with E-state index in [2.05, 4.69) is 15.6 Å². The fourth-order valence-corrected chi connectivity index (χ4v) is 5.43. The van der Waals surface area contributed by atoms with Gasteiger partial charge in [-0.1, -0.05) is 48.5 Å². The Labute approximate surface area is 199 Å². The van der Waals surface area contributed by atoms with Crippen LogP contribution in [0.1, 0.15) is 22.5 Å². The lowest BCUT2D eigenvalue weighted by atomic mass is 10.1. The molecule has 2 amide bonds. The summed E-state index contributed by atoms with van der Waals surface area (Å²) < 4.78 is 1.05. The predicted molar refractivity (Wildman–Crippen MR) is 137 cm³/mol. The third-order valence-corrected chi connectivity index (χ3v) is 7.49. The largest absolute Gasteiger partial charge is 0.340 e. The van der Waals surface area contributed by atoms with Crippen LogP contribution in [0, 0.1) is 0 Å². The Kier molecular flexibility index (Phi) is 7.57. The van der Waals surface area contributed by atoms with Gasteiger partial charge in [0.15, 0.2) is 5.13 Å². The lowest BCUT2D eigenvalue weighted by molar-refractivity contribution is -0.118. The Morgan fingerprint density at radius 2 is 1.88 bits per heavy atom. The zero-order chi connectivity index (χ0) is 22.3. The minimum absolute atomic E-state index is 0.223. The Morgan fingerprint density at radius 3 is 2.66 bits per heavy atom. The molecule has 0 saturated carbocycles. The number of nitrogens with zero attached hydrogens (tertiary/aromatic N) is 1. The van der Waals surface area contributed by atoms with Crippen LogP contribution in [-0.2, 0) is 4.79 Å². The molecule has 0 unspecified atom stereocenters. The van der Waals surface area contributed by atoms with Crippen molar-refractivity contribution in [2.75, 3.05) is 17.3 Å². The zero-order valence-electron chi connectivity index (χ0n) is 17.5. The predicted octanol–water partition coefficient (Wildman–Crippen LogP) is 5.91. The number of carbonyl (C=O) groups excluding carboxylic acids is 2. The first-order valence-corrected chi connectivity index (χ1v) is 13.3. The number of fused-ring (bicyclic) bond motifs is 1. The van der Waals surface area contributed by atoms with Crippen LogP contribution in [0.5, 0.6) is 0 Å². The summed E-state index contributed by atoms with van der Waals surface area (Å²) in [5.74, 6) is 0.465. The number of anilines is 1. The minimum Gasteiger partial charge on any atom is -0.340 e. The summed E-state index contributed by atoms with van der Waals surface area (Å²) in [4.78, 5) is 31.1. The number of amides is 2. The second kappa shape index (κ2) is 10.8. The number of thiazole rings is 1. The molecule has 164 valence electrons. The highest BCUT2D eigenvalue weighted by molar-refractivity contribution is 7.98. The molecule has 0 saturated heterocycles. The molecule has 0 radical (unpaired) electrons. The first-order valence-electron chi connectivity index (χ1n) is 10.2. The van der Waals surface area contributed by atoms with Gasteiger partial charge in [-0.2, -0.15) is 11.8 Å². The van der Waals surface area contributed by atoms with Crippen molar-refractivity contribution in [2.45, 2.75) is 18.9 Å². The fraction of sp³-hybridized carbons (Fsp3) is 0.208. The van der Waals surface area contributed by atoms with Gasteiger partial charge in [-0.3, -0.25) is 9.59 Å². The van der Waals surface area contributed by atoms with Crippen molar-refractivity contribution in [1.82, 2.24) is 10.3 Å². The highest BCUT2D eigenvalue weighted by atomic mass is 32.2. The number of thiophene rings is 1. The number of thioether (sulfide) groups is 1. The van der Waals surface area contributed by atoms with Crippen molar-refractivity contribution in [3.8, 4) is 11.3 Å². The van der Waals surface area contributed by atoms with Crippen LogP contribution < -0.4 is 10.6 Å². The van der Waals surface area contributed by atoms with E-state index < -0.39 is 6.04 Å². The second-order valence-electron chi connectivity index (χ2n) is 7.20. The second-order valence-corrected chi connectivity index (χ2v) is 10.1. The minimum atomic E-state index is -0.621. The number of carbonyl (C=O) groups is 2. The van der Waals surface area contributed by atoms with Crippen LogP contribution in [0.25, 0.3) is 21.3 Å². The van der Waals surface area contributed by atoms with E-state index in [1.165, 1.54) is 22.7 Å². The monoisotopic (exact) mass is 481 g/mol. The van der Waals surface area contributed by atoms with E-state index >= 15 is 0 Å². The van der Waals surface area contributed by atoms with E-state index in [0.29, 0.717) is 16.4 Å². The molecule has 5 nitrogen and oxygen atoms in total. The number of benzene rings is 2. The quantitative estimate of drug-likeness (QED) is 0.292. The van der Waals surface area contributed by atoms with Gasteiger partial charge in [0.05, 0.1) is 10.6 Å². The number of nitrogens with one attached hydrogen (secondary N) is 2. The smallest absolute Gasteiger partial charge is 0.262 e. The van der Waals surface area contributed by atoms with Crippen LogP contribution in [0.2, 0.25) is 0 Å². The molecule has 1 atom stereocenters. The molecule has 4 aromatic rings. The third-order valence-electron chi connectivity index (χ3n) is 4.92. The summed E-state index contributed by atoms with van der Waals surface area (Å²) in [5.41, 5.74) is 1.82. The summed E-state index contributed by atoms with van der Waals surface area (Å²) in [5, 5.41) is 9.31. The van der Waals surface area contributed by atoms with E-state index in [0.717, 1.165) is 33.5 Å². The molecule has 2 N–H and O–H groups in total. The molecule has 0 bridgehead atoms. The van der Waals surface area contributed by atoms with E-state index in [1.54, 1.807) is 11.8 Å². The average molecular weight is 482 g/mol. The maximum absolute atomic E-state index is 13.0. The average Bonchev–Trinajstić information content (AvgIpc) is 3.46. The van der Waals surface area contributed by atoms with Crippen molar-refractivity contribution in [2.24, 2.45) is 0 Å². The Morgan fingerprint density at radius 1 is 1.09 bits per heavy atom. The molecular formula is C24H23N3O2S3. The van der Waals surface area contributed by atoms with Crippen molar-refractivity contribution in [1.29, 1.82) is 0 Å². The van der Waals surface area contributed by atoms with Crippen molar-refractivity contribution in [3.63, 3.8) is 0 Å². The molecule has 0 aliphatic heterocycles. The molecule has 2 aromatic heterocycles. The summed E-state index contributed by atoms with van der Waals surface area (Å²) in [7, 11) is 0. The van der Waals surface area contributed by atoms with Crippen LogP contribution in [-0.4, -0.2) is 34.8 Å². The van der Waals surface area contributed by atoms with Crippen LogP contribution in [0.4, 0.5) is 5.13 Å². The van der Waals surface area contributed by atoms with Crippen LogP contribution in [0.3, 0.4) is 0 Å². The molecule has 0 fully saturated rings. The van der Waals surface area contributed by atoms with E-state index in [4.69, 9.17) is 0 Å². The Hall–Kier alpha value is -2.68. The maximum Gasteiger partial charge on any atom is 0.262 e. The molecule has 4 rings (SSSR count). The standard InChI is InChI=1S/C24H23N3O2S3/c1-30-13-7-11-18(25-23(29)21-14-17-10-5-6-12-20(17)32-21)22(28)27-24-26-19(15-31-24)16-8-3-2-4-9-16/h2-6,8-10,12,14-15,18H,7,11,13H2,1H3,(H,25,29)(H,26,27,28)/t18-/m0/s1. The molecule has 32 heavy (non-hydrogen) atoms. The van der Waals surface area contributed by atoms with Gasteiger partial charge in [0.25, 0.3) is 5.91 Å². The van der Waals surface area contributed by atoms with Gasteiger partial charge in [0, 0.05) is 15.6 Å². The van der Waals surface area contributed by atoms with Gasteiger partial charge in [-0.05, 0) is 42.4 Å². The van der Waals surface area contributed by atoms with Crippen LogP contribution >= 0.6 is 34.4 Å². The SMILES string of the molecule is CSCCC[C@H](NC(=O)c1cc2ccccc2s1)C(=O)Nc1nc(-c2ccccc2)cs1. The Bertz CT molecular complexity index is 1170. The van der Waals surface area contributed by atoms with Gasteiger partial charge in [-0.15, -0.1) is 22.7 Å². The van der Waals surface area contributed by atoms with Crippen LogP contribution in [0.15, 0.2) is 66.0 Å². The van der Waals surface area contributed by atoms with Gasteiger partial charge in [0.2, 0.25) is 5.91 Å². The molecule has 2 aromatic carbocycles. The summed E-state index contributed by atoms with van der Waals surface area (Å²) in [6, 6.07) is 19.0. The number of rotatable bonds is 9. The first-order chi connectivity index (χ1) is 15.6. The van der Waals surface area contributed by atoms with Gasteiger partial charge in [0.1, 0.15) is 6.04 Å². The zero-order valence-corrected chi connectivity index (χ0v) is 20.0. The summed E-state index contributed by atoms with van der Waals surface area (Å²) in [6.07, 6.45) is 3.44. The number of hydrogen-bond acceptors (Lipinski definition) is 6. The van der Waals surface area contributed by atoms with E-state index in [1.807, 2.05) is 72.3 Å². The third kappa shape index (κ3) is 5.56. The summed E-state index contributed by atoms with van der Waals surface area (Å²) >= 11 is 4.54. The Balaban J connectivity index is 1.46. The molecule has 8 heteroatoms. The first kappa shape index (κ1) is 22.5. The fourth-order valence-electron chi connectivity index (χ4n) is 3.29. The summed E-state index contributed by atoms with van der Waals surface area (Å²) in [6.45, 7) is 0. The van der Waals surface area contributed by atoms with E-state index in [-0.39, 0.29) is 11.8 Å². The van der Waals surface area contributed by atoms with Crippen molar-refractivity contribution < 1.29 is 9.59 Å². The molecular weight excluding hydrogens is 458 g/mol. The topological polar surface area (TPSA) is 71.1 Å². The van der Waals surface area contributed by atoms with Crippen molar-refractivity contribution in [3.05, 3.63) is 70.9 Å². The number of aromatic nitrogens is 1. The van der Waals surface area contributed by atoms with Gasteiger partial charge in [-0.25, -0.2) is 4.98 Å². The van der Waals surface area contributed by atoms with E-state index in [9.17, 15) is 9.59 Å². The normalized spacial score (nSPS) is 11.9. The van der Waals surface area contributed by atoms with Gasteiger partial charge >= 0.3 is 0 Å². The number of hydrogen-bond donors (Lipinski definition) is 2. The van der Waals surface area contributed by atoms with Crippen molar-refractivity contribution >= 4 is 61.5 Å². The highest BCUT2D eigenvalue weighted by Gasteiger charge is 2.23. The molecule has 0 aliphatic rings. The lowest BCUT2D eigenvalue weighted by Gasteiger charge is -2.17.